The first kappa shape index (κ1) is 29.8. The predicted octanol–water partition coefficient (Wildman–Crippen LogP) is 5.42. The predicted molar refractivity (Wildman–Crippen MR) is 150 cm³/mol. The quantitative estimate of drug-likeness (QED) is 0.286. The summed E-state index contributed by atoms with van der Waals surface area (Å²) in [6.45, 7) is 13.2. The zero-order valence-electron chi connectivity index (χ0n) is 22.8. The summed E-state index contributed by atoms with van der Waals surface area (Å²) in [6, 6.07) is 21.4. The van der Waals surface area contributed by atoms with Gasteiger partial charge in [-0.2, -0.15) is 0 Å². The highest BCUT2D eigenvalue weighted by molar-refractivity contribution is 5.67. The fraction of sp³-hybridized carbons (Fsp3) is 0.567. The number of rotatable bonds is 17. The van der Waals surface area contributed by atoms with Gasteiger partial charge in [-0.15, -0.1) is 0 Å². The fourth-order valence-electron chi connectivity index (χ4n) is 4.20. The molecule has 0 spiro atoms. The average molecular weight is 497 g/mol. The van der Waals surface area contributed by atoms with Gasteiger partial charge in [0.25, 0.3) is 0 Å². The van der Waals surface area contributed by atoms with Crippen LogP contribution in [0.2, 0.25) is 0 Å². The molecular weight excluding hydrogens is 448 g/mol. The SMILES string of the molecule is CC(C)(C)OC(=O)NCCCCCN(CCCN(CCCN)Cc1ccccc1)Cc1ccccc1. The van der Waals surface area contributed by atoms with E-state index in [1.165, 1.54) is 11.1 Å². The summed E-state index contributed by atoms with van der Waals surface area (Å²) in [5.74, 6) is 0. The number of ether oxygens (including phenoxy) is 1. The molecule has 0 saturated heterocycles. The van der Waals surface area contributed by atoms with Crippen LogP contribution < -0.4 is 11.1 Å². The minimum atomic E-state index is -0.455. The van der Waals surface area contributed by atoms with Crippen molar-refractivity contribution in [2.75, 3.05) is 39.3 Å². The topological polar surface area (TPSA) is 70.8 Å². The van der Waals surface area contributed by atoms with Gasteiger partial charge < -0.3 is 15.8 Å². The smallest absolute Gasteiger partial charge is 0.407 e. The van der Waals surface area contributed by atoms with Crippen LogP contribution in [0.15, 0.2) is 60.7 Å². The van der Waals surface area contributed by atoms with Crippen molar-refractivity contribution in [2.45, 2.75) is 71.6 Å². The third-order valence-electron chi connectivity index (χ3n) is 5.94. The molecule has 0 bridgehead atoms. The second kappa shape index (κ2) is 17.1. The fourth-order valence-corrected chi connectivity index (χ4v) is 4.20. The second-order valence-corrected chi connectivity index (χ2v) is 10.5. The number of unbranched alkanes of at least 4 members (excludes halogenated alkanes) is 2. The number of benzene rings is 2. The molecule has 0 saturated carbocycles. The minimum absolute atomic E-state index is 0.331. The van der Waals surface area contributed by atoms with E-state index in [0.717, 1.165) is 77.9 Å². The highest BCUT2D eigenvalue weighted by Gasteiger charge is 2.15. The summed E-state index contributed by atoms with van der Waals surface area (Å²) >= 11 is 0. The zero-order chi connectivity index (χ0) is 26.1. The molecule has 6 nitrogen and oxygen atoms in total. The lowest BCUT2D eigenvalue weighted by atomic mass is 10.1. The Labute approximate surface area is 219 Å². The summed E-state index contributed by atoms with van der Waals surface area (Å²) in [6.07, 6.45) is 4.98. The van der Waals surface area contributed by atoms with Gasteiger partial charge in [-0.3, -0.25) is 9.80 Å². The summed E-state index contributed by atoms with van der Waals surface area (Å²) in [7, 11) is 0. The number of nitrogens with zero attached hydrogens (tertiary/aromatic N) is 2. The number of nitrogens with two attached hydrogens (primary N) is 1. The van der Waals surface area contributed by atoms with Crippen LogP contribution in [0.3, 0.4) is 0 Å². The van der Waals surface area contributed by atoms with E-state index in [0.29, 0.717) is 6.54 Å². The van der Waals surface area contributed by atoms with Crippen LogP contribution in [-0.4, -0.2) is 60.8 Å². The molecule has 0 fully saturated rings. The number of hydrogen-bond acceptors (Lipinski definition) is 5. The normalized spacial score (nSPS) is 11.7. The molecule has 6 heteroatoms. The first-order chi connectivity index (χ1) is 17.4. The Morgan fingerprint density at radius 1 is 0.750 bits per heavy atom. The van der Waals surface area contributed by atoms with Crippen LogP contribution in [0, 0.1) is 0 Å². The van der Waals surface area contributed by atoms with Crippen molar-refractivity contribution < 1.29 is 9.53 Å². The molecule has 3 N–H and O–H groups in total. The number of hydrogen-bond donors (Lipinski definition) is 2. The molecule has 2 aromatic carbocycles. The minimum Gasteiger partial charge on any atom is -0.444 e. The van der Waals surface area contributed by atoms with E-state index in [2.05, 4.69) is 75.8 Å². The van der Waals surface area contributed by atoms with Gasteiger partial charge in [0, 0.05) is 19.6 Å². The molecule has 2 aromatic rings. The van der Waals surface area contributed by atoms with Gasteiger partial charge in [-0.1, -0.05) is 67.1 Å². The molecule has 200 valence electrons. The number of alkyl carbamates (subject to hydrolysis) is 1. The van der Waals surface area contributed by atoms with E-state index < -0.39 is 5.60 Å². The number of carbonyl (C=O) groups is 1. The maximum absolute atomic E-state index is 11.8. The maximum atomic E-state index is 11.8. The van der Waals surface area contributed by atoms with Gasteiger partial charge in [0.1, 0.15) is 5.60 Å². The third-order valence-corrected chi connectivity index (χ3v) is 5.94. The summed E-state index contributed by atoms with van der Waals surface area (Å²) < 4.78 is 5.31. The van der Waals surface area contributed by atoms with Gasteiger partial charge in [-0.25, -0.2) is 4.79 Å². The van der Waals surface area contributed by atoms with E-state index >= 15 is 0 Å². The Hall–Kier alpha value is -2.41. The van der Waals surface area contributed by atoms with Crippen LogP contribution in [0.1, 0.15) is 64.0 Å². The monoisotopic (exact) mass is 496 g/mol. The second-order valence-electron chi connectivity index (χ2n) is 10.5. The Morgan fingerprint density at radius 3 is 1.75 bits per heavy atom. The summed E-state index contributed by atoms with van der Waals surface area (Å²) in [5.41, 5.74) is 8.06. The van der Waals surface area contributed by atoms with Crippen LogP contribution in [0.4, 0.5) is 4.79 Å². The highest BCUT2D eigenvalue weighted by atomic mass is 16.6. The van der Waals surface area contributed by atoms with Crippen molar-refractivity contribution in [1.82, 2.24) is 15.1 Å². The molecule has 0 aromatic heterocycles. The van der Waals surface area contributed by atoms with Crippen LogP contribution in [0.5, 0.6) is 0 Å². The Balaban J connectivity index is 1.78. The molecule has 0 aliphatic carbocycles. The van der Waals surface area contributed by atoms with Gasteiger partial charge >= 0.3 is 6.09 Å². The van der Waals surface area contributed by atoms with Gasteiger partial charge in [-0.05, 0) is 90.3 Å². The van der Waals surface area contributed by atoms with Crippen molar-refractivity contribution in [3.05, 3.63) is 71.8 Å². The lowest BCUT2D eigenvalue weighted by molar-refractivity contribution is 0.0527. The molecule has 0 unspecified atom stereocenters. The average Bonchev–Trinajstić information content (AvgIpc) is 2.84. The van der Waals surface area contributed by atoms with Crippen molar-refractivity contribution in [1.29, 1.82) is 0 Å². The van der Waals surface area contributed by atoms with Gasteiger partial charge in [0.15, 0.2) is 0 Å². The van der Waals surface area contributed by atoms with E-state index in [9.17, 15) is 4.79 Å². The van der Waals surface area contributed by atoms with Crippen molar-refractivity contribution in [3.63, 3.8) is 0 Å². The summed E-state index contributed by atoms with van der Waals surface area (Å²) in [5, 5.41) is 2.86. The molecule has 0 atom stereocenters. The standard InChI is InChI=1S/C30H48N4O2/c1-30(2,3)36-29(35)32-20-11-6-12-21-33(25-27-15-7-4-8-16-27)23-14-24-34(22-13-19-31)26-28-17-9-5-10-18-28/h4-5,7-10,15-18H,6,11-14,19-26,31H2,1-3H3,(H,32,35). The maximum Gasteiger partial charge on any atom is 0.407 e. The zero-order valence-corrected chi connectivity index (χ0v) is 22.8. The molecule has 2 rings (SSSR count). The van der Waals surface area contributed by atoms with Crippen molar-refractivity contribution in [2.24, 2.45) is 5.73 Å². The molecule has 36 heavy (non-hydrogen) atoms. The van der Waals surface area contributed by atoms with Crippen LogP contribution in [-0.2, 0) is 17.8 Å². The van der Waals surface area contributed by atoms with Gasteiger partial charge in [0.05, 0.1) is 0 Å². The van der Waals surface area contributed by atoms with Crippen molar-refractivity contribution >= 4 is 6.09 Å². The lowest BCUT2D eigenvalue weighted by Gasteiger charge is -2.26. The Morgan fingerprint density at radius 2 is 1.25 bits per heavy atom. The number of nitrogens with one attached hydrogen (secondary N) is 1. The summed E-state index contributed by atoms with van der Waals surface area (Å²) in [4.78, 5) is 16.9. The largest absolute Gasteiger partial charge is 0.444 e. The number of amides is 1. The third kappa shape index (κ3) is 14.2. The van der Waals surface area contributed by atoms with Gasteiger partial charge in [0.2, 0.25) is 0 Å². The van der Waals surface area contributed by atoms with Crippen LogP contribution in [0.25, 0.3) is 0 Å². The number of carbonyl (C=O) groups excluding carboxylic acids is 1. The van der Waals surface area contributed by atoms with E-state index in [-0.39, 0.29) is 6.09 Å². The van der Waals surface area contributed by atoms with Crippen LogP contribution >= 0.6 is 0 Å². The molecule has 0 aliphatic heterocycles. The molecule has 0 heterocycles. The van der Waals surface area contributed by atoms with E-state index in [1.807, 2.05) is 20.8 Å². The van der Waals surface area contributed by atoms with E-state index in [4.69, 9.17) is 10.5 Å². The van der Waals surface area contributed by atoms with Crippen molar-refractivity contribution in [3.8, 4) is 0 Å². The molecular formula is C30H48N4O2. The Kier molecular flexibility index (Phi) is 14.2. The van der Waals surface area contributed by atoms with E-state index in [1.54, 1.807) is 0 Å². The molecule has 1 amide bonds. The molecule has 0 radical (unpaired) electrons. The molecule has 0 aliphatic rings. The highest BCUT2D eigenvalue weighted by Crippen LogP contribution is 2.11. The lowest BCUT2D eigenvalue weighted by Crippen LogP contribution is -2.33. The Bertz CT molecular complexity index is 824. The first-order valence-corrected chi connectivity index (χ1v) is 13.6. The first-order valence-electron chi connectivity index (χ1n) is 13.6.